The first-order valence-corrected chi connectivity index (χ1v) is 10.4. The highest BCUT2D eigenvalue weighted by Crippen LogP contribution is 2.29. The third kappa shape index (κ3) is 3.58. The molecule has 4 rings (SSSR count). The number of hydrogen-bond acceptors (Lipinski definition) is 5. The van der Waals surface area contributed by atoms with Crippen LogP contribution in [0.5, 0.6) is 5.75 Å². The largest absolute Gasteiger partial charge is 0.490 e. The van der Waals surface area contributed by atoms with Crippen LogP contribution in [0.25, 0.3) is 10.2 Å². The average molecular weight is 410 g/mol. The van der Waals surface area contributed by atoms with E-state index in [-0.39, 0.29) is 11.5 Å². The molecular weight excluding hydrogens is 386 g/mol. The topological polar surface area (TPSA) is 64.4 Å². The summed E-state index contributed by atoms with van der Waals surface area (Å²) >= 11 is 1.32. The summed E-state index contributed by atoms with van der Waals surface area (Å²) in [5, 5.41) is 0.584. The van der Waals surface area contributed by atoms with E-state index in [0.29, 0.717) is 34.8 Å². The van der Waals surface area contributed by atoms with Crippen molar-refractivity contribution in [3.05, 3.63) is 69.1 Å². The van der Waals surface area contributed by atoms with E-state index in [0.717, 1.165) is 35.5 Å². The number of ether oxygens (including phenoxy) is 1. The van der Waals surface area contributed by atoms with Gasteiger partial charge < -0.3 is 9.64 Å². The van der Waals surface area contributed by atoms with Crippen LogP contribution < -0.4 is 10.3 Å². The molecule has 6 nitrogen and oxygen atoms in total. The fourth-order valence-electron chi connectivity index (χ4n) is 3.64. The molecular formula is C22H23N3O3S. The summed E-state index contributed by atoms with van der Waals surface area (Å²) < 4.78 is 7.24. The molecule has 29 heavy (non-hydrogen) atoms. The zero-order valence-corrected chi connectivity index (χ0v) is 17.4. The molecule has 1 aliphatic rings. The van der Waals surface area contributed by atoms with Crippen molar-refractivity contribution in [3.8, 4) is 5.75 Å². The van der Waals surface area contributed by atoms with Gasteiger partial charge in [0.15, 0.2) is 0 Å². The molecule has 3 aromatic rings. The molecule has 3 heterocycles. The van der Waals surface area contributed by atoms with E-state index in [4.69, 9.17) is 4.74 Å². The van der Waals surface area contributed by atoms with Gasteiger partial charge in [-0.1, -0.05) is 24.8 Å². The number of amides is 1. The van der Waals surface area contributed by atoms with Crippen molar-refractivity contribution in [3.63, 3.8) is 0 Å². The van der Waals surface area contributed by atoms with Gasteiger partial charge in [0.2, 0.25) is 0 Å². The maximum atomic E-state index is 13.1. The number of carbonyl (C=O) groups excluding carboxylic acids is 1. The maximum Gasteiger partial charge on any atom is 0.264 e. The lowest BCUT2D eigenvalue weighted by Crippen LogP contribution is -2.26. The summed E-state index contributed by atoms with van der Waals surface area (Å²) in [6.07, 6.45) is 3.46. The molecule has 0 N–H and O–H groups in total. The number of aromatic nitrogens is 2. The van der Waals surface area contributed by atoms with Gasteiger partial charge in [-0.25, -0.2) is 4.98 Å². The second-order valence-electron chi connectivity index (χ2n) is 7.23. The predicted octanol–water partition coefficient (Wildman–Crippen LogP) is 3.55. The third-order valence-corrected chi connectivity index (χ3v) is 6.34. The number of hydrogen-bond donors (Lipinski definition) is 0. The number of rotatable bonds is 6. The van der Waals surface area contributed by atoms with Crippen molar-refractivity contribution >= 4 is 27.5 Å². The van der Waals surface area contributed by atoms with Crippen molar-refractivity contribution < 1.29 is 9.53 Å². The fraction of sp³-hybridized carbons (Fsp3) is 0.318. The predicted molar refractivity (Wildman–Crippen MR) is 115 cm³/mol. The van der Waals surface area contributed by atoms with Crippen LogP contribution in [-0.2, 0) is 19.5 Å². The Bertz CT molecular complexity index is 1140. The molecule has 0 unspecified atom stereocenters. The zero-order valence-electron chi connectivity index (χ0n) is 16.6. The Morgan fingerprint density at radius 2 is 2.14 bits per heavy atom. The van der Waals surface area contributed by atoms with Gasteiger partial charge in [-0.15, -0.1) is 11.3 Å². The highest BCUT2D eigenvalue weighted by Gasteiger charge is 2.24. The molecule has 0 saturated carbocycles. The van der Waals surface area contributed by atoms with Crippen LogP contribution >= 0.6 is 11.3 Å². The van der Waals surface area contributed by atoms with Crippen molar-refractivity contribution in [2.24, 2.45) is 0 Å². The number of nitrogens with zero attached hydrogens (tertiary/aromatic N) is 3. The van der Waals surface area contributed by atoms with Gasteiger partial charge >= 0.3 is 0 Å². The standard InChI is InChI=1S/C22H23N3O3S/c1-4-12-28-16-9-7-15(8-10-16)13-24(3)22(27)19-14(2)18-20(29-19)23-17-6-5-11-25(17)21(18)26/h4,7-10H,1,5-6,11-13H2,2-3H3. The van der Waals surface area contributed by atoms with Crippen LogP contribution in [0.4, 0.5) is 0 Å². The van der Waals surface area contributed by atoms with Crippen LogP contribution in [0.1, 0.15) is 33.0 Å². The van der Waals surface area contributed by atoms with E-state index >= 15 is 0 Å². The molecule has 150 valence electrons. The number of carbonyl (C=O) groups is 1. The molecule has 7 heteroatoms. The van der Waals surface area contributed by atoms with Gasteiger partial charge in [-0.3, -0.25) is 14.2 Å². The summed E-state index contributed by atoms with van der Waals surface area (Å²) in [5.41, 5.74) is 1.71. The summed E-state index contributed by atoms with van der Waals surface area (Å²) in [7, 11) is 1.77. The summed E-state index contributed by atoms with van der Waals surface area (Å²) in [4.78, 5) is 33.5. The number of benzene rings is 1. The molecule has 0 aliphatic carbocycles. The molecule has 0 atom stereocenters. The first kappa shape index (κ1) is 19.4. The summed E-state index contributed by atoms with van der Waals surface area (Å²) in [5.74, 6) is 1.50. The Morgan fingerprint density at radius 3 is 2.86 bits per heavy atom. The average Bonchev–Trinajstić information content (AvgIpc) is 3.32. The Kier molecular flexibility index (Phi) is 5.24. The van der Waals surface area contributed by atoms with Crippen LogP contribution in [0, 0.1) is 6.92 Å². The maximum absolute atomic E-state index is 13.1. The molecule has 0 saturated heterocycles. The minimum absolute atomic E-state index is 0.0203. The van der Waals surface area contributed by atoms with E-state index in [1.54, 1.807) is 22.6 Å². The van der Waals surface area contributed by atoms with Crippen LogP contribution in [-0.4, -0.2) is 34.0 Å². The van der Waals surface area contributed by atoms with Crippen LogP contribution in [0.15, 0.2) is 41.7 Å². The highest BCUT2D eigenvalue weighted by molar-refractivity contribution is 7.20. The van der Waals surface area contributed by atoms with Crippen LogP contribution in [0.2, 0.25) is 0 Å². The molecule has 2 aromatic heterocycles. The van der Waals surface area contributed by atoms with Gasteiger partial charge in [0.1, 0.15) is 23.0 Å². The second-order valence-corrected chi connectivity index (χ2v) is 8.23. The van der Waals surface area contributed by atoms with Crippen molar-refractivity contribution in [2.45, 2.75) is 32.9 Å². The van der Waals surface area contributed by atoms with E-state index in [9.17, 15) is 9.59 Å². The number of thiophene rings is 1. The van der Waals surface area contributed by atoms with E-state index in [2.05, 4.69) is 11.6 Å². The Hall–Kier alpha value is -2.93. The van der Waals surface area contributed by atoms with E-state index in [1.807, 2.05) is 31.2 Å². The summed E-state index contributed by atoms with van der Waals surface area (Å²) in [6, 6.07) is 7.65. The SMILES string of the molecule is C=CCOc1ccc(CN(C)C(=O)c2sc3nc4n(c(=O)c3c2C)CCC4)cc1. The minimum Gasteiger partial charge on any atom is -0.490 e. The van der Waals surface area contributed by atoms with Crippen LogP contribution in [0.3, 0.4) is 0 Å². The summed E-state index contributed by atoms with van der Waals surface area (Å²) in [6.45, 7) is 7.12. The molecule has 0 radical (unpaired) electrons. The molecule has 1 aliphatic heterocycles. The van der Waals surface area contributed by atoms with Crippen molar-refractivity contribution in [1.82, 2.24) is 14.5 Å². The molecule has 0 bridgehead atoms. The number of fused-ring (bicyclic) bond motifs is 2. The Morgan fingerprint density at radius 1 is 1.38 bits per heavy atom. The van der Waals surface area contributed by atoms with Gasteiger partial charge in [-0.2, -0.15) is 0 Å². The normalized spacial score (nSPS) is 12.8. The molecule has 1 aromatic carbocycles. The lowest BCUT2D eigenvalue weighted by atomic mass is 10.1. The van der Waals surface area contributed by atoms with E-state index in [1.165, 1.54) is 11.3 Å². The monoisotopic (exact) mass is 409 g/mol. The number of aryl methyl sites for hydroxylation is 2. The quantitative estimate of drug-likeness (QED) is 0.584. The fourth-order valence-corrected chi connectivity index (χ4v) is 4.83. The lowest BCUT2D eigenvalue weighted by Gasteiger charge is -2.17. The molecule has 0 spiro atoms. The Labute approximate surface area is 173 Å². The lowest BCUT2D eigenvalue weighted by molar-refractivity contribution is 0.0789. The highest BCUT2D eigenvalue weighted by atomic mass is 32.1. The second kappa shape index (κ2) is 7.83. The zero-order chi connectivity index (χ0) is 20.5. The minimum atomic E-state index is -0.0953. The van der Waals surface area contributed by atoms with Crippen molar-refractivity contribution in [1.29, 1.82) is 0 Å². The van der Waals surface area contributed by atoms with Crippen molar-refractivity contribution in [2.75, 3.05) is 13.7 Å². The van der Waals surface area contributed by atoms with Gasteiger partial charge in [0.05, 0.1) is 10.3 Å². The van der Waals surface area contributed by atoms with Gasteiger partial charge in [-0.05, 0) is 36.6 Å². The Balaban J connectivity index is 1.57. The smallest absolute Gasteiger partial charge is 0.264 e. The van der Waals surface area contributed by atoms with Gasteiger partial charge in [0, 0.05) is 26.6 Å². The third-order valence-electron chi connectivity index (χ3n) is 5.16. The first-order chi connectivity index (χ1) is 14.0. The van der Waals surface area contributed by atoms with E-state index < -0.39 is 0 Å². The molecule has 0 fully saturated rings. The molecule has 1 amide bonds. The first-order valence-electron chi connectivity index (χ1n) is 9.60. The van der Waals surface area contributed by atoms with Gasteiger partial charge in [0.25, 0.3) is 11.5 Å².